The first-order valence-corrected chi connectivity index (χ1v) is 8.17. The summed E-state index contributed by atoms with van der Waals surface area (Å²) < 4.78 is 0.768. The number of hydrogen-bond acceptors (Lipinski definition) is 3. The van der Waals surface area contributed by atoms with Crippen LogP contribution in [0.5, 0.6) is 0 Å². The highest BCUT2D eigenvalue weighted by molar-refractivity contribution is 9.10. The minimum absolute atomic E-state index is 0.0649. The summed E-state index contributed by atoms with van der Waals surface area (Å²) in [5.41, 5.74) is 8.38. The molecule has 1 aliphatic rings. The number of nitrogens with zero attached hydrogens (tertiary/aromatic N) is 1. The fourth-order valence-corrected chi connectivity index (χ4v) is 3.95. The maximum Gasteiger partial charge on any atom is 0.254 e. The van der Waals surface area contributed by atoms with Gasteiger partial charge in [-0.15, -0.1) is 11.3 Å². The summed E-state index contributed by atoms with van der Waals surface area (Å²) >= 11 is 5.16. The molecule has 1 aromatic heterocycles. The van der Waals surface area contributed by atoms with E-state index in [2.05, 4.69) is 34.3 Å². The Kier molecular flexibility index (Phi) is 3.56. The Hall–Kier alpha value is -1.33. The van der Waals surface area contributed by atoms with Gasteiger partial charge in [0.15, 0.2) is 0 Å². The topological polar surface area (TPSA) is 46.3 Å². The Bertz CT molecular complexity index is 668. The molecule has 0 saturated carbocycles. The van der Waals surface area contributed by atoms with Crippen molar-refractivity contribution in [2.75, 3.05) is 12.3 Å². The highest BCUT2D eigenvalue weighted by Crippen LogP contribution is 2.34. The molecule has 0 radical (unpaired) electrons. The van der Waals surface area contributed by atoms with E-state index in [1.54, 1.807) is 29.5 Å². The van der Waals surface area contributed by atoms with Crippen molar-refractivity contribution in [1.82, 2.24) is 4.90 Å². The van der Waals surface area contributed by atoms with E-state index in [0.717, 1.165) is 17.4 Å². The molecule has 3 nitrogen and oxygen atoms in total. The Morgan fingerprint density at radius 3 is 3.00 bits per heavy atom. The third kappa shape index (κ3) is 2.25. The van der Waals surface area contributed by atoms with Crippen molar-refractivity contribution in [2.24, 2.45) is 0 Å². The zero-order chi connectivity index (χ0) is 14.3. The fraction of sp³-hybridized carbons (Fsp3) is 0.267. The van der Waals surface area contributed by atoms with Crippen LogP contribution in [0.1, 0.15) is 33.8 Å². The maximum atomic E-state index is 12.7. The largest absolute Gasteiger partial charge is 0.398 e. The van der Waals surface area contributed by atoms with E-state index in [1.807, 2.05) is 4.90 Å². The van der Waals surface area contributed by atoms with Crippen LogP contribution in [0.4, 0.5) is 5.69 Å². The van der Waals surface area contributed by atoms with Gasteiger partial charge in [0.2, 0.25) is 0 Å². The van der Waals surface area contributed by atoms with Crippen LogP contribution in [0, 0.1) is 0 Å². The van der Waals surface area contributed by atoms with Gasteiger partial charge in [-0.1, -0.05) is 0 Å². The highest BCUT2D eigenvalue weighted by atomic mass is 79.9. The van der Waals surface area contributed by atoms with Crippen LogP contribution in [-0.2, 0) is 6.42 Å². The van der Waals surface area contributed by atoms with E-state index in [4.69, 9.17) is 5.73 Å². The minimum Gasteiger partial charge on any atom is -0.398 e. The summed E-state index contributed by atoms with van der Waals surface area (Å²) in [6.07, 6.45) is 0.944. The third-order valence-electron chi connectivity index (χ3n) is 3.79. The number of hydrogen-bond donors (Lipinski definition) is 1. The molecule has 0 bridgehead atoms. The number of nitrogens with two attached hydrogens (primary N) is 1. The van der Waals surface area contributed by atoms with Crippen LogP contribution in [0.3, 0.4) is 0 Å². The average Bonchev–Trinajstić information content (AvgIpc) is 2.91. The molecule has 0 spiro atoms. The Morgan fingerprint density at radius 1 is 1.45 bits per heavy atom. The highest BCUT2D eigenvalue weighted by Gasteiger charge is 2.29. The standard InChI is InChI=1S/C15H15BrN2OS/c1-9-11-5-7-20-14(11)4-6-18(9)15(19)10-2-3-13(17)12(16)8-10/h2-3,5,7-9H,4,6,17H2,1H3. The van der Waals surface area contributed by atoms with Crippen LogP contribution in [-0.4, -0.2) is 17.4 Å². The van der Waals surface area contributed by atoms with Gasteiger partial charge in [-0.25, -0.2) is 0 Å². The van der Waals surface area contributed by atoms with Gasteiger partial charge in [-0.3, -0.25) is 4.79 Å². The van der Waals surface area contributed by atoms with E-state index in [9.17, 15) is 4.79 Å². The van der Waals surface area contributed by atoms with Gasteiger partial charge in [-0.2, -0.15) is 0 Å². The lowest BCUT2D eigenvalue weighted by molar-refractivity contribution is 0.0679. The SMILES string of the molecule is CC1c2ccsc2CCN1C(=O)c1ccc(N)c(Br)c1. The molecule has 0 aliphatic carbocycles. The molecule has 5 heteroatoms. The van der Waals surface area contributed by atoms with E-state index in [0.29, 0.717) is 11.3 Å². The zero-order valence-corrected chi connectivity index (χ0v) is 13.5. The van der Waals surface area contributed by atoms with E-state index < -0.39 is 0 Å². The number of nitrogen functional groups attached to an aromatic ring is 1. The summed E-state index contributed by atoms with van der Waals surface area (Å²) in [7, 11) is 0. The van der Waals surface area contributed by atoms with Crippen molar-refractivity contribution in [2.45, 2.75) is 19.4 Å². The summed E-state index contributed by atoms with van der Waals surface area (Å²) in [4.78, 5) is 16.0. The van der Waals surface area contributed by atoms with Crippen molar-refractivity contribution < 1.29 is 4.79 Å². The number of rotatable bonds is 1. The van der Waals surface area contributed by atoms with Crippen LogP contribution >= 0.6 is 27.3 Å². The average molecular weight is 351 g/mol. The molecule has 1 aliphatic heterocycles. The zero-order valence-electron chi connectivity index (χ0n) is 11.1. The van der Waals surface area contributed by atoms with Crippen LogP contribution in [0.15, 0.2) is 34.1 Å². The number of carbonyl (C=O) groups is 1. The third-order valence-corrected chi connectivity index (χ3v) is 5.47. The predicted octanol–water partition coefficient (Wildman–Crippen LogP) is 3.85. The molecule has 3 rings (SSSR count). The number of amides is 1. The van der Waals surface area contributed by atoms with Gasteiger partial charge in [0.25, 0.3) is 5.91 Å². The van der Waals surface area contributed by atoms with Gasteiger partial charge >= 0.3 is 0 Å². The number of halogens is 1. The first kappa shape index (κ1) is 13.6. The molecule has 1 amide bonds. The van der Waals surface area contributed by atoms with Crippen molar-refractivity contribution in [1.29, 1.82) is 0 Å². The van der Waals surface area contributed by atoms with Gasteiger partial charge in [0.1, 0.15) is 0 Å². The molecule has 0 saturated heterocycles. The lowest BCUT2D eigenvalue weighted by atomic mass is 10.0. The van der Waals surface area contributed by atoms with Crippen LogP contribution in [0.25, 0.3) is 0 Å². The van der Waals surface area contributed by atoms with E-state index >= 15 is 0 Å². The molecule has 2 aromatic rings. The molecule has 2 heterocycles. The van der Waals surface area contributed by atoms with Crippen molar-refractivity contribution in [3.63, 3.8) is 0 Å². The predicted molar refractivity (Wildman–Crippen MR) is 86.0 cm³/mol. The lowest BCUT2D eigenvalue weighted by Crippen LogP contribution is -2.38. The molecular weight excluding hydrogens is 336 g/mol. The van der Waals surface area contributed by atoms with E-state index in [1.165, 1.54) is 10.4 Å². The number of anilines is 1. The first-order valence-electron chi connectivity index (χ1n) is 6.50. The fourth-order valence-electron chi connectivity index (χ4n) is 2.61. The van der Waals surface area contributed by atoms with E-state index in [-0.39, 0.29) is 11.9 Å². The molecule has 1 atom stereocenters. The Morgan fingerprint density at radius 2 is 2.25 bits per heavy atom. The van der Waals surface area contributed by atoms with Crippen LogP contribution < -0.4 is 5.73 Å². The van der Waals surface area contributed by atoms with Gasteiger partial charge in [0, 0.05) is 27.1 Å². The smallest absolute Gasteiger partial charge is 0.254 e. The van der Waals surface area contributed by atoms with Gasteiger partial charge < -0.3 is 10.6 Å². The van der Waals surface area contributed by atoms with Gasteiger partial charge in [-0.05, 0) is 64.5 Å². The summed E-state index contributed by atoms with van der Waals surface area (Å²) in [5, 5.41) is 2.11. The number of benzene rings is 1. The van der Waals surface area contributed by atoms with Gasteiger partial charge in [0.05, 0.1) is 6.04 Å². The molecule has 1 unspecified atom stereocenters. The summed E-state index contributed by atoms with van der Waals surface area (Å²) in [6.45, 7) is 2.87. The van der Waals surface area contributed by atoms with Crippen molar-refractivity contribution >= 4 is 38.9 Å². The molecule has 104 valence electrons. The normalized spacial score (nSPS) is 17.9. The molecule has 0 fully saturated rings. The van der Waals surface area contributed by atoms with Crippen molar-refractivity contribution in [3.8, 4) is 0 Å². The quantitative estimate of drug-likeness (QED) is 0.794. The minimum atomic E-state index is 0.0649. The first-order chi connectivity index (χ1) is 9.58. The maximum absolute atomic E-state index is 12.7. The molecule has 2 N–H and O–H groups in total. The Labute approximate surface area is 130 Å². The monoisotopic (exact) mass is 350 g/mol. The molecule has 1 aromatic carbocycles. The second kappa shape index (κ2) is 5.22. The van der Waals surface area contributed by atoms with Crippen LogP contribution in [0.2, 0.25) is 0 Å². The van der Waals surface area contributed by atoms with Crippen molar-refractivity contribution in [3.05, 3.63) is 50.1 Å². The second-order valence-corrected chi connectivity index (χ2v) is 6.81. The lowest BCUT2D eigenvalue weighted by Gasteiger charge is -2.33. The molecular formula is C15H15BrN2OS. The second-order valence-electron chi connectivity index (χ2n) is 4.96. The summed E-state index contributed by atoms with van der Waals surface area (Å²) in [5.74, 6) is 0.0649. The Balaban J connectivity index is 1.90. The number of fused-ring (bicyclic) bond motifs is 1. The number of thiophene rings is 1. The number of carbonyl (C=O) groups excluding carboxylic acids is 1. The molecule has 20 heavy (non-hydrogen) atoms. The summed E-state index contributed by atoms with van der Waals surface area (Å²) in [6, 6.07) is 7.62.